The Morgan fingerprint density at radius 1 is 1.15 bits per heavy atom. The molecule has 2 aliphatic heterocycles. The van der Waals surface area contributed by atoms with E-state index in [-0.39, 0.29) is 0 Å². The first-order valence-electron chi connectivity index (χ1n) is 7.37. The molecule has 0 atom stereocenters. The second kappa shape index (κ2) is 5.84. The molecule has 2 heterocycles. The molecule has 0 aromatic heterocycles. The van der Waals surface area contributed by atoms with E-state index >= 15 is 0 Å². The summed E-state index contributed by atoms with van der Waals surface area (Å²) < 4.78 is 23.3. The molecule has 1 aromatic carbocycles. The van der Waals surface area contributed by atoms with Crippen molar-refractivity contribution >= 4 is 9.84 Å². The molecule has 1 aromatic rings. The highest BCUT2D eigenvalue weighted by atomic mass is 32.2. The lowest BCUT2D eigenvalue weighted by Gasteiger charge is -2.22. The minimum Gasteiger partial charge on any atom is -0.312 e. The number of hydrogen-bond acceptors (Lipinski definition) is 4. The van der Waals surface area contributed by atoms with Crippen molar-refractivity contribution in [1.29, 1.82) is 0 Å². The Bertz CT molecular complexity index is 584. The van der Waals surface area contributed by atoms with Gasteiger partial charge >= 0.3 is 0 Å². The Morgan fingerprint density at radius 3 is 2.95 bits per heavy atom. The van der Waals surface area contributed by atoms with Gasteiger partial charge in [0, 0.05) is 19.6 Å². The zero-order valence-electron chi connectivity index (χ0n) is 11.8. The van der Waals surface area contributed by atoms with Crippen LogP contribution in [0.5, 0.6) is 0 Å². The van der Waals surface area contributed by atoms with Crippen molar-refractivity contribution in [2.75, 3.05) is 31.1 Å². The summed E-state index contributed by atoms with van der Waals surface area (Å²) in [6.45, 7) is 4.43. The Hall–Kier alpha value is -0.910. The number of nitrogens with one attached hydrogen (secondary N) is 1. The number of sulfone groups is 1. The van der Waals surface area contributed by atoms with Gasteiger partial charge in [-0.15, -0.1) is 0 Å². The van der Waals surface area contributed by atoms with Crippen molar-refractivity contribution in [3.05, 3.63) is 34.9 Å². The number of nitrogens with zero attached hydrogens (tertiary/aromatic N) is 1. The summed E-state index contributed by atoms with van der Waals surface area (Å²) in [4.78, 5) is 2.27. The van der Waals surface area contributed by atoms with Crippen LogP contribution in [0.2, 0.25) is 0 Å². The molecule has 3 rings (SSSR count). The van der Waals surface area contributed by atoms with Crippen LogP contribution >= 0.6 is 0 Å². The van der Waals surface area contributed by atoms with E-state index in [4.69, 9.17) is 0 Å². The van der Waals surface area contributed by atoms with Gasteiger partial charge in [0.05, 0.1) is 11.5 Å². The quantitative estimate of drug-likeness (QED) is 0.882. The maximum absolute atomic E-state index is 11.6. The van der Waals surface area contributed by atoms with Gasteiger partial charge in [-0.1, -0.05) is 18.2 Å². The lowest BCUT2D eigenvalue weighted by atomic mass is 9.98. The molecular formula is C15H22N2O2S. The van der Waals surface area contributed by atoms with Crippen LogP contribution in [0.1, 0.15) is 23.1 Å². The van der Waals surface area contributed by atoms with Crippen molar-refractivity contribution in [1.82, 2.24) is 10.2 Å². The highest BCUT2D eigenvalue weighted by Gasteiger charge is 2.19. The smallest absolute Gasteiger partial charge is 0.151 e. The molecule has 1 fully saturated rings. The van der Waals surface area contributed by atoms with Crippen molar-refractivity contribution in [2.45, 2.75) is 25.9 Å². The third-order valence-corrected chi connectivity index (χ3v) is 5.93. The molecule has 1 N–H and O–H groups in total. The maximum Gasteiger partial charge on any atom is 0.151 e. The fraction of sp³-hybridized carbons (Fsp3) is 0.600. The molecule has 0 spiro atoms. The number of benzene rings is 1. The largest absolute Gasteiger partial charge is 0.312 e. The van der Waals surface area contributed by atoms with E-state index in [0.29, 0.717) is 18.1 Å². The van der Waals surface area contributed by atoms with Crippen LogP contribution in [0.15, 0.2) is 18.2 Å². The molecule has 0 unspecified atom stereocenters. The Balaban J connectivity index is 1.68. The van der Waals surface area contributed by atoms with Crippen LogP contribution in [0.4, 0.5) is 0 Å². The number of fused-ring (bicyclic) bond motifs is 1. The van der Waals surface area contributed by atoms with Crippen LogP contribution < -0.4 is 5.32 Å². The van der Waals surface area contributed by atoms with Crippen molar-refractivity contribution < 1.29 is 8.42 Å². The molecule has 0 saturated carbocycles. The molecule has 0 aliphatic carbocycles. The Labute approximate surface area is 121 Å². The Kier molecular flexibility index (Phi) is 4.10. The first kappa shape index (κ1) is 14.0. The van der Waals surface area contributed by atoms with Gasteiger partial charge in [0.2, 0.25) is 0 Å². The van der Waals surface area contributed by atoms with E-state index in [1.165, 1.54) is 16.7 Å². The van der Waals surface area contributed by atoms with Gasteiger partial charge in [-0.2, -0.15) is 0 Å². The van der Waals surface area contributed by atoms with Gasteiger partial charge in [-0.3, -0.25) is 4.90 Å². The van der Waals surface area contributed by atoms with Gasteiger partial charge in [0.15, 0.2) is 9.84 Å². The van der Waals surface area contributed by atoms with Crippen molar-refractivity contribution in [2.24, 2.45) is 0 Å². The SMILES string of the molecule is O=S1(=O)CCCN(Cc2ccc3c(c2)CNCC3)CC1. The summed E-state index contributed by atoms with van der Waals surface area (Å²) >= 11 is 0. The fourth-order valence-electron chi connectivity index (χ4n) is 3.04. The van der Waals surface area contributed by atoms with Crippen LogP contribution in [-0.4, -0.2) is 44.5 Å². The number of rotatable bonds is 2. The van der Waals surface area contributed by atoms with E-state index in [9.17, 15) is 8.42 Å². The average Bonchev–Trinajstić information content (AvgIpc) is 2.60. The molecule has 20 heavy (non-hydrogen) atoms. The van der Waals surface area contributed by atoms with Gasteiger partial charge in [0.25, 0.3) is 0 Å². The third kappa shape index (κ3) is 3.40. The maximum atomic E-state index is 11.6. The molecule has 0 amide bonds. The topological polar surface area (TPSA) is 49.4 Å². The van der Waals surface area contributed by atoms with Crippen molar-refractivity contribution in [3.8, 4) is 0 Å². The highest BCUT2D eigenvalue weighted by molar-refractivity contribution is 7.91. The van der Waals surface area contributed by atoms with Gasteiger partial charge in [-0.25, -0.2) is 8.42 Å². The first-order chi connectivity index (χ1) is 9.62. The highest BCUT2D eigenvalue weighted by Crippen LogP contribution is 2.18. The van der Waals surface area contributed by atoms with E-state index < -0.39 is 9.84 Å². The first-order valence-corrected chi connectivity index (χ1v) is 9.19. The zero-order valence-corrected chi connectivity index (χ0v) is 12.6. The molecule has 2 aliphatic rings. The summed E-state index contributed by atoms with van der Waals surface area (Å²) in [6.07, 6.45) is 1.87. The summed E-state index contributed by atoms with van der Waals surface area (Å²) in [5, 5.41) is 3.40. The third-order valence-electron chi connectivity index (χ3n) is 4.21. The lowest BCUT2D eigenvalue weighted by molar-refractivity contribution is 0.287. The molecule has 5 heteroatoms. The molecule has 0 radical (unpaired) electrons. The molecule has 110 valence electrons. The van der Waals surface area contributed by atoms with Gasteiger partial charge < -0.3 is 5.32 Å². The summed E-state index contributed by atoms with van der Waals surface area (Å²) in [5.41, 5.74) is 4.15. The normalized spacial score (nSPS) is 23.0. The van der Waals surface area contributed by atoms with Gasteiger partial charge in [0.1, 0.15) is 0 Å². The molecule has 0 bridgehead atoms. The summed E-state index contributed by atoms with van der Waals surface area (Å²) in [7, 11) is -2.81. The van der Waals surface area contributed by atoms with Crippen LogP contribution in [0, 0.1) is 0 Å². The predicted molar refractivity (Wildman–Crippen MR) is 80.4 cm³/mol. The standard InChI is InChI=1S/C15H22N2O2S/c18-20(19)8-1-6-17(7-9-20)12-13-2-3-14-4-5-16-11-15(14)10-13/h2-3,10,16H,1,4-9,11-12H2. The summed E-state index contributed by atoms with van der Waals surface area (Å²) in [5.74, 6) is 0.650. The van der Waals surface area contributed by atoms with Gasteiger partial charge in [-0.05, 0) is 42.6 Å². The molecule has 4 nitrogen and oxygen atoms in total. The van der Waals surface area contributed by atoms with E-state index in [0.717, 1.165) is 39.0 Å². The van der Waals surface area contributed by atoms with Crippen LogP contribution in [0.3, 0.4) is 0 Å². The molecule has 1 saturated heterocycles. The predicted octanol–water partition coefficient (Wildman–Crippen LogP) is 0.953. The lowest BCUT2D eigenvalue weighted by Crippen LogP contribution is -2.27. The van der Waals surface area contributed by atoms with Crippen LogP contribution in [-0.2, 0) is 29.3 Å². The average molecular weight is 294 g/mol. The van der Waals surface area contributed by atoms with E-state index in [1.54, 1.807) is 0 Å². The van der Waals surface area contributed by atoms with Crippen molar-refractivity contribution in [3.63, 3.8) is 0 Å². The van der Waals surface area contributed by atoms with Crippen LogP contribution in [0.25, 0.3) is 0 Å². The minimum atomic E-state index is -2.81. The Morgan fingerprint density at radius 2 is 2.05 bits per heavy atom. The fourth-order valence-corrected chi connectivity index (χ4v) is 4.35. The van der Waals surface area contributed by atoms with E-state index in [2.05, 4.69) is 28.4 Å². The summed E-state index contributed by atoms with van der Waals surface area (Å²) in [6, 6.07) is 6.71. The second-order valence-corrected chi connectivity index (χ2v) is 8.11. The molecular weight excluding hydrogens is 272 g/mol. The monoisotopic (exact) mass is 294 g/mol. The zero-order chi connectivity index (χ0) is 14.0. The second-order valence-electron chi connectivity index (χ2n) is 5.81. The minimum absolute atomic E-state index is 0.305. The number of hydrogen-bond donors (Lipinski definition) is 1. The van der Waals surface area contributed by atoms with E-state index in [1.807, 2.05) is 0 Å².